The minimum Gasteiger partial charge on any atom is -0.450 e. The van der Waals surface area contributed by atoms with E-state index < -0.39 is 0 Å². The van der Waals surface area contributed by atoms with Crippen LogP contribution in [-0.4, -0.2) is 79.8 Å². The Hall–Kier alpha value is -0.770. The normalized spacial score (nSPS) is 22.1. The standard InChI is InChI=1S/C19H37N5O2.HI/c1-4-20-18(21-15-17-9-7-8-12-23(17)5-2)22-16-10-13-24(14-11-16)19(25)26-6-3;/h16-17H,4-15H2,1-3H3,(H2,20,21,22);1H. The highest BCUT2D eigenvalue weighted by Gasteiger charge is 2.24. The van der Waals surface area contributed by atoms with Crippen LogP contribution >= 0.6 is 24.0 Å². The number of rotatable bonds is 6. The molecule has 1 atom stereocenters. The first kappa shape index (κ1) is 24.3. The third-order valence-electron chi connectivity index (χ3n) is 5.32. The lowest BCUT2D eigenvalue weighted by molar-refractivity contribution is 0.0963. The van der Waals surface area contributed by atoms with Gasteiger partial charge in [-0.15, -0.1) is 24.0 Å². The van der Waals surface area contributed by atoms with Crippen LogP contribution in [0.5, 0.6) is 0 Å². The summed E-state index contributed by atoms with van der Waals surface area (Å²) in [5.74, 6) is 0.906. The van der Waals surface area contributed by atoms with Gasteiger partial charge in [-0.3, -0.25) is 9.89 Å². The van der Waals surface area contributed by atoms with Gasteiger partial charge in [-0.2, -0.15) is 0 Å². The molecule has 2 N–H and O–H groups in total. The van der Waals surface area contributed by atoms with Gasteiger partial charge in [0.1, 0.15) is 0 Å². The van der Waals surface area contributed by atoms with Crippen molar-refractivity contribution in [3.63, 3.8) is 0 Å². The summed E-state index contributed by atoms with van der Waals surface area (Å²) in [5, 5.41) is 6.93. The second-order valence-electron chi connectivity index (χ2n) is 7.10. The van der Waals surface area contributed by atoms with Crippen LogP contribution in [0.2, 0.25) is 0 Å². The zero-order chi connectivity index (χ0) is 18.8. The quantitative estimate of drug-likeness (QED) is 0.337. The predicted octanol–water partition coefficient (Wildman–Crippen LogP) is 2.65. The molecule has 0 spiro atoms. The average molecular weight is 495 g/mol. The minimum absolute atomic E-state index is 0. The van der Waals surface area contributed by atoms with Crippen LogP contribution in [0.1, 0.15) is 52.9 Å². The number of likely N-dealkylation sites (tertiary alicyclic amines) is 2. The molecule has 7 nitrogen and oxygen atoms in total. The Morgan fingerprint density at radius 2 is 1.85 bits per heavy atom. The first-order valence-corrected chi connectivity index (χ1v) is 10.4. The van der Waals surface area contributed by atoms with E-state index in [0.717, 1.165) is 51.5 Å². The Kier molecular flexibility index (Phi) is 12.1. The molecular weight excluding hydrogens is 457 g/mol. The third-order valence-corrected chi connectivity index (χ3v) is 5.32. The molecule has 2 saturated heterocycles. The maximum Gasteiger partial charge on any atom is 0.409 e. The SMILES string of the molecule is CCNC(=NCC1CCCCN1CC)NC1CCN(C(=O)OCC)CC1.I. The lowest BCUT2D eigenvalue weighted by Crippen LogP contribution is -2.50. The molecule has 2 rings (SSSR count). The van der Waals surface area contributed by atoms with Crippen LogP contribution in [0.3, 0.4) is 0 Å². The van der Waals surface area contributed by atoms with E-state index in [1.165, 1.54) is 25.8 Å². The van der Waals surface area contributed by atoms with Crippen LogP contribution in [0.25, 0.3) is 0 Å². The number of hydrogen-bond acceptors (Lipinski definition) is 4. The van der Waals surface area contributed by atoms with Gasteiger partial charge in [-0.25, -0.2) is 4.79 Å². The summed E-state index contributed by atoms with van der Waals surface area (Å²) in [6.07, 6.45) is 5.53. The fourth-order valence-corrected chi connectivity index (χ4v) is 3.81. The van der Waals surface area contributed by atoms with Crippen molar-refractivity contribution in [3.05, 3.63) is 0 Å². The smallest absolute Gasteiger partial charge is 0.409 e. The molecule has 27 heavy (non-hydrogen) atoms. The van der Waals surface area contributed by atoms with Gasteiger partial charge in [0.05, 0.1) is 13.2 Å². The fourth-order valence-electron chi connectivity index (χ4n) is 3.81. The highest BCUT2D eigenvalue weighted by Crippen LogP contribution is 2.17. The van der Waals surface area contributed by atoms with E-state index in [2.05, 4.69) is 29.4 Å². The summed E-state index contributed by atoms with van der Waals surface area (Å²) in [6.45, 7) is 12.1. The molecule has 2 heterocycles. The summed E-state index contributed by atoms with van der Waals surface area (Å²) in [6, 6.07) is 0.918. The number of piperidine rings is 2. The summed E-state index contributed by atoms with van der Waals surface area (Å²) in [7, 11) is 0. The predicted molar refractivity (Wildman–Crippen MR) is 121 cm³/mol. The number of hydrogen-bond donors (Lipinski definition) is 2. The van der Waals surface area contributed by atoms with Crippen LogP contribution in [0.15, 0.2) is 4.99 Å². The highest BCUT2D eigenvalue weighted by molar-refractivity contribution is 14.0. The fraction of sp³-hybridized carbons (Fsp3) is 0.895. The second kappa shape index (κ2) is 13.4. The first-order valence-electron chi connectivity index (χ1n) is 10.4. The van der Waals surface area contributed by atoms with Crippen molar-refractivity contribution in [2.45, 2.75) is 65.0 Å². The first-order chi connectivity index (χ1) is 12.7. The number of carbonyl (C=O) groups is 1. The van der Waals surface area contributed by atoms with Crippen molar-refractivity contribution in [1.82, 2.24) is 20.4 Å². The summed E-state index contributed by atoms with van der Waals surface area (Å²) < 4.78 is 5.09. The summed E-state index contributed by atoms with van der Waals surface area (Å²) in [4.78, 5) is 21.0. The molecule has 0 bridgehead atoms. The van der Waals surface area contributed by atoms with E-state index in [9.17, 15) is 4.79 Å². The van der Waals surface area contributed by atoms with Gasteiger partial charge in [-0.05, 0) is 52.6 Å². The molecule has 1 unspecified atom stereocenters. The maximum atomic E-state index is 11.8. The highest BCUT2D eigenvalue weighted by atomic mass is 127. The molecule has 0 radical (unpaired) electrons. The average Bonchev–Trinajstić information content (AvgIpc) is 2.67. The summed E-state index contributed by atoms with van der Waals surface area (Å²) >= 11 is 0. The van der Waals surface area contributed by atoms with Crippen molar-refractivity contribution in [1.29, 1.82) is 0 Å². The Labute approximate surface area is 181 Å². The molecule has 2 aliphatic rings. The van der Waals surface area contributed by atoms with Gasteiger partial charge in [0.25, 0.3) is 0 Å². The molecule has 0 aromatic rings. The number of likely N-dealkylation sites (N-methyl/N-ethyl adjacent to an activating group) is 1. The third kappa shape index (κ3) is 8.01. The van der Waals surface area contributed by atoms with Crippen molar-refractivity contribution >= 4 is 36.0 Å². The van der Waals surface area contributed by atoms with E-state index in [1.54, 1.807) is 4.90 Å². The van der Waals surface area contributed by atoms with E-state index in [4.69, 9.17) is 9.73 Å². The van der Waals surface area contributed by atoms with E-state index in [-0.39, 0.29) is 30.1 Å². The lowest BCUT2D eigenvalue weighted by Gasteiger charge is -2.34. The zero-order valence-corrected chi connectivity index (χ0v) is 19.5. The number of aliphatic imine (C=N–C) groups is 1. The maximum absolute atomic E-state index is 11.8. The van der Waals surface area contributed by atoms with Crippen LogP contribution in [-0.2, 0) is 4.74 Å². The molecule has 0 aromatic carbocycles. The number of ether oxygens (including phenoxy) is 1. The minimum atomic E-state index is -0.191. The number of amides is 1. The van der Waals surface area contributed by atoms with Crippen molar-refractivity contribution in [2.75, 3.05) is 45.9 Å². The molecule has 0 saturated carbocycles. The van der Waals surface area contributed by atoms with Gasteiger partial charge >= 0.3 is 6.09 Å². The molecule has 0 aliphatic carbocycles. The summed E-state index contributed by atoms with van der Waals surface area (Å²) in [5.41, 5.74) is 0. The molecule has 0 aromatic heterocycles. The topological polar surface area (TPSA) is 69.2 Å². The number of guanidine groups is 1. The van der Waals surface area contributed by atoms with Gasteiger partial charge in [0.2, 0.25) is 0 Å². The van der Waals surface area contributed by atoms with Crippen LogP contribution in [0.4, 0.5) is 4.79 Å². The van der Waals surface area contributed by atoms with Crippen molar-refractivity contribution in [2.24, 2.45) is 4.99 Å². The molecular formula is C19H38IN5O2. The number of halogens is 1. The molecule has 2 aliphatic heterocycles. The van der Waals surface area contributed by atoms with E-state index >= 15 is 0 Å². The Bertz CT molecular complexity index is 455. The Morgan fingerprint density at radius 1 is 1.11 bits per heavy atom. The molecule has 2 fully saturated rings. The number of nitrogens with zero attached hydrogens (tertiary/aromatic N) is 3. The molecule has 1 amide bonds. The van der Waals surface area contributed by atoms with Crippen LogP contribution < -0.4 is 10.6 Å². The van der Waals surface area contributed by atoms with Gasteiger partial charge < -0.3 is 20.3 Å². The number of carbonyl (C=O) groups excluding carboxylic acids is 1. The van der Waals surface area contributed by atoms with E-state index in [1.807, 2.05) is 6.92 Å². The Morgan fingerprint density at radius 3 is 2.48 bits per heavy atom. The number of nitrogens with one attached hydrogen (secondary N) is 2. The Balaban J connectivity index is 0.00000364. The zero-order valence-electron chi connectivity index (χ0n) is 17.2. The monoisotopic (exact) mass is 495 g/mol. The van der Waals surface area contributed by atoms with E-state index in [0.29, 0.717) is 18.7 Å². The van der Waals surface area contributed by atoms with Crippen molar-refractivity contribution < 1.29 is 9.53 Å². The van der Waals surface area contributed by atoms with Gasteiger partial charge in [-0.1, -0.05) is 13.3 Å². The van der Waals surface area contributed by atoms with Crippen LogP contribution in [0, 0.1) is 0 Å². The lowest BCUT2D eigenvalue weighted by atomic mass is 10.0. The van der Waals surface area contributed by atoms with Crippen molar-refractivity contribution in [3.8, 4) is 0 Å². The largest absolute Gasteiger partial charge is 0.450 e. The second-order valence-corrected chi connectivity index (χ2v) is 7.10. The molecule has 158 valence electrons. The molecule has 8 heteroatoms. The van der Waals surface area contributed by atoms with Gasteiger partial charge in [0.15, 0.2) is 5.96 Å². The van der Waals surface area contributed by atoms with Gasteiger partial charge in [0, 0.05) is 31.7 Å².